The number of likely N-dealkylation sites (tertiary alicyclic amines) is 1. The Balaban J connectivity index is 1.25. The molecule has 6 nitrogen and oxygen atoms in total. The first-order valence-corrected chi connectivity index (χ1v) is 11.0. The zero-order valence-electron chi connectivity index (χ0n) is 16.9. The fourth-order valence-electron chi connectivity index (χ4n) is 3.96. The van der Waals surface area contributed by atoms with Gasteiger partial charge in [0.05, 0.1) is 16.6 Å². The Kier molecular flexibility index (Phi) is 6.24. The molecular formula is C22H25FN4O2S. The Labute approximate surface area is 178 Å². The first kappa shape index (κ1) is 20.7. The first-order chi connectivity index (χ1) is 14.5. The molecule has 30 heavy (non-hydrogen) atoms. The molecule has 1 aromatic carbocycles. The molecule has 0 radical (unpaired) electrons. The van der Waals surface area contributed by atoms with E-state index in [0.29, 0.717) is 33.1 Å². The summed E-state index contributed by atoms with van der Waals surface area (Å²) in [5, 5.41) is 3.55. The van der Waals surface area contributed by atoms with Crippen molar-refractivity contribution >= 4 is 27.5 Å². The van der Waals surface area contributed by atoms with Gasteiger partial charge in [0.2, 0.25) is 0 Å². The second-order valence-electron chi connectivity index (χ2n) is 7.84. The van der Waals surface area contributed by atoms with Crippen LogP contribution in [0.1, 0.15) is 33.6 Å². The molecule has 1 amide bonds. The number of fused-ring (bicyclic) bond motifs is 1. The van der Waals surface area contributed by atoms with E-state index in [9.17, 15) is 14.0 Å². The summed E-state index contributed by atoms with van der Waals surface area (Å²) in [4.78, 5) is 35.0. The van der Waals surface area contributed by atoms with E-state index >= 15 is 0 Å². The van der Waals surface area contributed by atoms with Crippen LogP contribution in [0.25, 0.3) is 10.2 Å². The number of benzene rings is 1. The number of aryl methyl sites for hydroxylation is 1. The molecule has 3 aromatic rings. The number of carbonyl (C=O) groups excluding carboxylic acids is 1. The Morgan fingerprint density at radius 2 is 2.03 bits per heavy atom. The maximum atomic E-state index is 13.0. The molecular weight excluding hydrogens is 403 g/mol. The summed E-state index contributed by atoms with van der Waals surface area (Å²) in [6, 6.07) is 6.71. The summed E-state index contributed by atoms with van der Waals surface area (Å²) >= 11 is 1.26. The van der Waals surface area contributed by atoms with Crippen LogP contribution in [0.15, 0.2) is 35.4 Å². The van der Waals surface area contributed by atoms with Crippen LogP contribution in [0, 0.1) is 18.7 Å². The molecule has 158 valence electrons. The van der Waals surface area contributed by atoms with Gasteiger partial charge >= 0.3 is 0 Å². The van der Waals surface area contributed by atoms with E-state index in [1.165, 1.54) is 29.8 Å². The number of amides is 1. The third-order valence-corrected chi connectivity index (χ3v) is 7.03. The van der Waals surface area contributed by atoms with Crippen LogP contribution < -0.4 is 10.9 Å². The largest absolute Gasteiger partial charge is 0.351 e. The van der Waals surface area contributed by atoms with E-state index in [1.807, 2.05) is 12.1 Å². The Morgan fingerprint density at radius 1 is 1.30 bits per heavy atom. The van der Waals surface area contributed by atoms with E-state index in [0.717, 1.165) is 44.5 Å². The minimum atomic E-state index is -0.208. The lowest BCUT2D eigenvalue weighted by molar-refractivity contribution is 0.0940. The highest BCUT2D eigenvalue weighted by atomic mass is 32.1. The van der Waals surface area contributed by atoms with E-state index in [-0.39, 0.29) is 17.3 Å². The molecule has 0 aliphatic carbocycles. The average Bonchev–Trinajstić information content (AvgIpc) is 3.10. The number of aromatic amines is 1. The van der Waals surface area contributed by atoms with Crippen LogP contribution in [0.4, 0.5) is 4.39 Å². The minimum absolute atomic E-state index is 0.131. The Morgan fingerprint density at radius 3 is 2.73 bits per heavy atom. The van der Waals surface area contributed by atoms with Crippen molar-refractivity contribution in [2.45, 2.75) is 26.2 Å². The lowest BCUT2D eigenvalue weighted by Crippen LogP contribution is -2.39. The summed E-state index contributed by atoms with van der Waals surface area (Å²) in [5.41, 5.74) is 1.64. The van der Waals surface area contributed by atoms with E-state index < -0.39 is 0 Å². The van der Waals surface area contributed by atoms with Gasteiger partial charge in [0.25, 0.3) is 11.5 Å². The monoisotopic (exact) mass is 428 g/mol. The van der Waals surface area contributed by atoms with Crippen molar-refractivity contribution in [3.8, 4) is 0 Å². The smallest absolute Gasteiger partial charge is 0.261 e. The second-order valence-corrected chi connectivity index (χ2v) is 8.84. The number of H-pyrrole nitrogens is 1. The van der Waals surface area contributed by atoms with Gasteiger partial charge < -0.3 is 15.2 Å². The molecule has 0 spiro atoms. The van der Waals surface area contributed by atoms with E-state index in [4.69, 9.17) is 0 Å². The summed E-state index contributed by atoms with van der Waals surface area (Å²) in [6.45, 7) is 5.41. The molecule has 0 saturated carbocycles. The van der Waals surface area contributed by atoms with Crippen molar-refractivity contribution in [3.05, 3.63) is 62.8 Å². The summed E-state index contributed by atoms with van der Waals surface area (Å²) in [5.74, 6) is 0.122. The molecule has 1 saturated heterocycles. The number of thiophene rings is 1. The number of hydrogen-bond donors (Lipinski definition) is 2. The number of carbonyl (C=O) groups is 1. The maximum absolute atomic E-state index is 13.0. The van der Waals surface area contributed by atoms with Gasteiger partial charge in [-0.3, -0.25) is 9.59 Å². The number of halogens is 1. The SMILES string of the molecule is Cc1c(C(=O)NCC2CCN(CCc3ccc(F)cc3)CC2)sc2nc[nH]c(=O)c12. The molecule has 3 heterocycles. The lowest BCUT2D eigenvalue weighted by Gasteiger charge is -2.32. The molecule has 0 atom stereocenters. The number of nitrogens with zero attached hydrogens (tertiary/aromatic N) is 2. The van der Waals surface area contributed by atoms with E-state index in [2.05, 4.69) is 20.2 Å². The number of aromatic nitrogens is 2. The zero-order chi connectivity index (χ0) is 21.1. The minimum Gasteiger partial charge on any atom is -0.351 e. The van der Waals surface area contributed by atoms with E-state index in [1.54, 1.807) is 6.92 Å². The van der Waals surface area contributed by atoms with Crippen LogP contribution >= 0.6 is 11.3 Å². The zero-order valence-corrected chi connectivity index (χ0v) is 17.7. The molecule has 2 aromatic heterocycles. The fraction of sp³-hybridized carbons (Fsp3) is 0.409. The van der Waals surface area contributed by atoms with Crippen LogP contribution in [0.3, 0.4) is 0 Å². The molecule has 0 unspecified atom stereocenters. The van der Waals surface area contributed by atoms with Crippen molar-refractivity contribution in [2.24, 2.45) is 5.92 Å². The lowest BCUT2D eigenvalue weighted by atomic mass is 9.96. The van der Waals surface area contributed by atoms with Gasteiger partial charge in [-0.05, 0) is 68.5 Å². The number of nitrogens with one attached hydrogen (secondary N) is 2. The van der Waals surface area contributed by atoms with Crippen molar-refractivity contribution in [1.29, 1.82) is 0 Å². The van der Waals surface area contributed by atoms with Crippen molar-refractivity contribution in [2.75, 3.05) is 26.2 Å². The van der Waals surface area contributed by atoms with Crippen LogP contribution in [-0.4, -0.2) is 47.0 Å². The molecule has 1 fully saturated rings. The normalized spacial score (nSPS) is 15.5. The van der Waals surface area contributed by atoms with Gasteiger partial charge in [0, 0.05) is 13.1 Å². The fourth-order valence-corrected chi connectivity index (χ4v) is 5.03. The number of rotatable bonds is 6. The quantitative estimate of drug-likeness (QED) is 0.632. The van der Waals surface area contributed by atoms with Gasteiger partial charge in [-0.15, -0.1) is 11.3 Å². The first-order valence-electron chi connectivity index (χ1n) is 10.2. The van der Waals surface area contributed by atoms with Gasteiger partial charge in [-0.2, -0.15) is 0 Å². The highest BCUT2D eigenvalue weighted by Gasteiger charge is 2.22. The predicted octanol–water partition coefficient (Wildman–Crippen LogP) is 3.12. The molecule has 8 heteroatoms. The van der Waals surface area contributed by atoms with Gasteiger partial charge in [0.1, 0.15) is 10.6 Å². The molecule has 1 aliphatic heterocycles. The number of piperidine rings is 1. The van der Waals surface area contributed by atoms with Crippen LogP contribution in [-0.2, 0) is 6.42 Å². The summed E-state index contributed by atoms with van der Waals surface area (Å²) in [7, 11) is 0. The average molecular weight is 429 g/mol. The summed E-state index contributed by atoms with van der Waals surface area (Å²) < 4.78 is 13.0. The highest BCUT2D eigenvalue weighted by molar-refractivity contribution is 7.20. The highest BCUT2D eigenvalue weighted by Crippen LogP contribution is 2.26. The van der Waals surface area contributed by atoms with Crippen LogP contribution in [0.5, 0.6) is 0 Å². The van der Waals surface area contributed by atoms with Gasteiger partial charge in [0.15, 0.2) is 0 Å². The Bertz CT molecular complexity index is 1080. The molecule has 0 bridgehead atoms. The third-order valence-electron chi connectivity index (χ3n) is 5.83. The molecule has 1 aliphatic rings. The van der Waals surface area contributed by atoms with Crippen molar-refractivity contribution in [3.63, 3.8) is 0 Å². The van der Waals surface area contributed by atoms with Gasteiger partial charge in [-0.25, -0.2) is 9.37 Å². The Hall–Kier alpha value is -2.58. The van der Waals surface area contributed by atoms with Crippen LogP contribution in [0.2, 0.25) is 0 Å². The standard InChI is InChI=1S/C22H25FN4O2S/c1-14-18-20(28)25-13-26-22(18)30-19(14)21(29)24-12-16-7-10-27(11-8-16)9-6-15-2-4-17(23)5-3-15/h2-5,13,16H,6-12H2,1H3,(H,24,29)(H,25,26,28). The summed E-state index contributed by atoms with van der Waals surface area (Å²) in [6.07, 6.45) is 4.36. The third kappa shape index (κ3) is 4.60. The topological polar surface area (TPSA) is 78.1 Å². The second kappa shape index (κ2) is 9.06. The maximum Gasteiger partial charge on any atom is 0.261 e. The van der Waals surface area contributed by atoms with Gasteiger partial charge in [-0.1, -0.05) is 12.1 Å². The number of hydrogen-bond acceptors (Lipinski definition) is 5. The molecule has 2 N–H and O–H groups in total. The predicted molar refractivity (Wildman–Crippen MR) is 117 cm³/mol. The van der Waals surface area contributed by atoms with Crippen molar-refractivity contribution in [1.82, 2.24) is 20.2 Å². The molecule has 4 rings (SSSR count). The van der Waals surface area contributed by atoms with Crippen molar-refractivity contribution < 1.29 is 9.18 Å².